The number of carbonyl (C=O) groups excluding carboxylic acids is 1. The number of amides is 1. The average Bonchev–Trinajstić information content (AvgIpc) is 2.25. The van der Waals surface area contributed by atoms with Gasteiger partial charge in [-0.15, -0.1) is 0 Å². The van der Waals surface area contributed by atoms with Gasteiger partial charge in [0.05, 0.1) is 6.54 Å². The topological polar surface area (TPSA) is 68.8 Å². The summed E-state index contributed by atoms with van der Waals surface area (Å²) in [5.41, 5.74) is 1.51. The molecule has 1 aromatic rings. The monoisotopic (exact) mass is 194 g/mol. The summed E-state index contributed by atoms with van der Waals surface area (Å²) < 4.78 is 0. The third kappa shape index (κ3) is 3.55. The molecule has 1 rings (SSSR count). The Hall–Kier alpha value is -1.39. The normalized spacial score (nSPS) is 9.79. The second-order valence-electron chi connectivity index (χ2n) is 2.93. The van der Waals surface area contributed by atoms with Crippen molar-refractivity contribution in [3.05, 3.63) is 41.1 Å². The van der Waals surface area contributed by atoms with Gasteiger partial charge in [-0.3, -0.25) is 4.79 Å². The molecule has 0 bridgehead atoms. The molecule has 0 heterocycles. The zero-order chi connectivity index (χ0) is 10.2. The highest BCUT2D eigenvalue weighted by Crippen LogP contribution is 1.97. The van der Waals surface area contributed by atoms with Gasteiger partial charge in [0, 0.05) is 18.5 Å². The number of hydrogen-bond acceptors (Lipinski definition) is 2. The average molecular weight is 194 g/mol. The van der Waals surface area contributed by atoms with Crippen LogP contribution in [0.3, 0.4) is 0 Å². The maximum atomic E-state index is 11.4. The van der Waals surface area contributed by atoms with Crippen LogP contribution >= 0.6 is 0 Å². The first kappa shape index (κ1) is 10.7. The van der Waals surface area contributed by atoms with Crippen LogP contribution in [-0.2, 0) is 0 Å². The summed E-state index contributed by atoms with van der Waals surface area (Å²) in [6, 6.07) is 9.02. The van der Waals surface area contributed by atoms with Gasteiger partial charge < -0.3 is 16.0 Å². The largest absolute Gasteiger partial charge is 0.636 e. The van der Waals surface area contributed by atoms with Crippen LogP contribution in [0.2, 0.25) is 0 Å². The Kier molecular flexibility index (Phi) is 4.68. The van der Waals surface area contributed by atoms with Gasteiger partial charge in [0.2, 0.25) is 0 Å². The van der Waals surface area contributed by atoms with Crippen molar-refractivity contribution < 1.29 is 10.3 Å². The SMILES string of the molecule is O=C(NCCC[NH2+][O-])c1ccccc1. The van der Waals surface area contributed by atoms with Crippen molar-refractivity contribution in [2.24, 2.45) is 0 Å². The van der Waals surface area contributed by atoms with Gasteiger partial charge >= 0.3 is 0 Å². The van der Waals surface area contributed by atoms with Gasteiger partial charge in [0.1, 0.15) is 0 Å². The molecule has 0 radical (unpaired) electrons. The molecule has 76 valence electrons. The maximum absolute atomic E-state index is 11.4. The Labute approximate surface area is 82.9 Å². The minimum Gasteiger partial charge on any atom is -0.636 e. The van der Waals surface area contributed by atoms with Crippen LogP contribution in [0.25, 0.3) is 0 Å². The Morgan fingerprint density at radius 3 is 2.71 bits per heavy atom. The van der Waals surface area contributed by atoms with E-state index in [-0.39, 0.29) is 5.91 Å². The van der Waals surface area contributed by atoms with Gasteiger partial charge in [-0.2, -0.15) is 0 Å². The van der Waals surface area contributed by atoms with Crippen LogP contribution in [0.4, 0.5) is 0 Å². The molecule has 0 saturated carbocycles. The minimum atomic E-state index is -0.0866. The van der Waals surface area contributed by atoms with Crippen molar-refractivity contribution in [1.82, 2.24) is 5.32 Å². The molecule has 3 N–H and O–H groups in total. The molecular weight excluding hydrogens is 180 g/mol. The van der Waals surface area contributed by atoms with E-state index in [9.17, 15) is 10.0 Å². The lowest BCUT2D eigenvalue weighted by Crippen LogP contribution is -2.77. The molecule has 0 aromatic heterocycles. The number of nitrogens with one attached hydrogen (secondary N) is 1. The lowest BCUT2D eigenvalue weighted by atomic mass is 10.2. The summed E-state index contributed by atoms with van der Waals surface area (Å²) in [4.78, 5) is 11.4. The smallest absolute Gasteiger partial charge is 0.251 e. The molecule has 0 aliphatic carbocycles. The summed E-state index contributed by atoms with van der Waals surface area (Å²) >= 11 is 0. The predicted molar refractivity (Wildman–Crippen MR) is 53.6 cm³/mol. The minimum absolute atomic E-state index is 0.0866. The van der Waals surface area contributed by atoms with Crippen molar-refractivity contribution in [2.75, 3.05) is 13.1 Å². The van der Waals surface area contributed by atoms with Crippen molar-refractivity contribution in [2.45, 2.75) is 6.42 Å². The number of rotatable bonds is 5. The highest BCUT2D eigenvalue weighted by molar-refractivity contribution is 5.94. The van der Waals surface area contributed by atoms with E-state index in [0.29, 0.717) is 25.1 Å². The second-order valence-corrected chi connectivity index (χ2v) is 2.93. The quantitative estimate of drug-likeness (QED) is 0.506. The fourth-order valence-corrected chi connectivity index (χ4v) is 1.08. The van der Waals surface area contributed by atoms with Crippen LogP contribution in [0.15, 0.2) is 30.3 Å². The van der Waals surface area contributed by atoms with E-state index in [1.165, 1.54) is 0 Å². The summed E-state index contributed by atoms with van der Waals surface area (Å²) in [7, 11) is 0. The summed E-state index contributed by atoms with van der Waals surface area (Å²) in [6.45, 7) is 1.04. The van der Waals surface area contributed by atoms with E-state index in [0.717, 1.165) is 5.48 Å². The molecule has 0 saturated heterocycles. The van der Waals surface area contributed by atoms with Crippen LogP contribution in [0, 0.1) is 5.21 Å². The third-order valence-corrected chi connectivity index (χ3v) is 1.82. The van der Waals surface area contributed by atoms with E-state index in [2.05, 4.69) is 5.32 Å². The molecule has 4 heteroatoms. The first-order valence-electron chi connectivity index (χ1n) is 4.61. The predicted octanol–water partition coefficient (Wildman–Crippen LogP) is -0.132. The van der Waals surface area contributed by atoms with Gasteiger partial charge in [-0.25, -0.2) is 0 Å². The zero-order valence-corrected chi connectivity index (χ0v) is 7.90. The molecule has 0 aliphatic rings. The Morgan fingerprint density at radius 2 is 2.07 bits per heavy atom. The van der Waals surface area contributed by atoms with Crippen molar-refractivity contribution in [3.8, 4) is 0 Å². The molecule has 0 spiro atoms. The Bertz CT molecular complexity index is 275. The van der Waals surface area contributed by atoms with E-state index >= 15 is 0 Å². The van der Waals surface area contributed by atoms with Crippen LogP contribution in [0.5, 0.6) is 0 Å². The number of nitrogens with two attached hydrogens (primary N) is 1. The first-order chi connectivity index (χ1) is 6.84. The molecule has 0 aliphatic heterocycles. The van der Waals surface area contributed by atoms with Gasteiger partial charge in [-0.05, 0) is 12.1 Å². The summed E-state index contributed by atoms with van der Waals surface area (Å²) in [5.74, 6) is -0.0866. The van der Waals surface area contributed by atoms with Gasteiger partial charge in [-0.1, -0.05) is 18.2 Å². The fraction of sp³-hybridized carbons (Fsp3) is 0.300. The van der Waals surface area contributed by atoms with Crippen molar-refractivity contribution in [1.29, 1.82) is 0 Å². The first-order valence-corrected chi connectivity index (χ1v) is 4.61. The molecule has 0 fully saturated rings. The number of benzene rings is 1. The molecule has 0 atom stereocenters. The van der Waals surface area contributed by atoms with Gasteiger partial charge in [0.25, 0.3) is 5.91 Å². The molecule has 14 heavy (non-hydrogen) atoms. The van der Waals surface area contributed by atoms with Crippen LogP contribution in [0.1, 0.15) is 16.8 Å². The number of carbonyl (C=O) groups is 1. The molecule has 4 nitrogen and oxygen atoms in total. The summed E-state index contributed by atoms with van der Waals surface area (Å²) in [5, 5.41) is 12.7. The van der Waals surface area contributed by atoms with E-state index < -0.39 is 0 Å². The van der Waals surface area contributed by atoms with Crippen molar-refractivity contribution >= 4 is 5.91 Å². The van der Waals surface area contributed by atoms with Crippen LogP contribution in [-0.4, -0.2) is 19.0 Å². The zero-order valence-electron chi connectivity index (χ0n) is 7.90. The second kappa shape index (κ2) is 6.12. The molecule has 1 aromatic carbocycles. The third-order valence-electron chi connectivity index (χ3n) is 1.82. The summed E-state index contributed by atoms with van der Waals surface area (Å²) in [6.07, 6.45) is 0.697. The highest BCUT2D eigenvalue weighted by atomic mass is 16.5. The van der Waals surface area contributed by atoms with E-state index in [1.807, 2.05) is 18.2 Å². The molecule has 0 unspecified atom stereocenters. The Balaban J connectivity index is 2.29. The fourth-order valence-electron chi connectivity index (χ4n) is 1.08. The lowest BCUT2D eigenvalue weighted by molar-refractivity contribution is -0.588. The standard InChI is InChI=1S/C10H14N2O2/c13-10(11-7-4-8-12-14)9-5-2-1-3-6-9/h1-3,5-6H,4,7-8,12H2,(H,11,13). The number of hydroxylamine groups is 1. The van der Waals surface area contributed by atoms with Crippen LogP contribution < -0.4 is 10.8 Å². The lowest BCUT2D eigenvalue weighted by Gasteiger charge is -2.05. The van der Waals surface area contributed by atoms with Gasteiger partial charge in [0.15, 0.2) is 0 Å². The van der Waals surface area contributed by atoms with Crippen molar-refractivity contribution in [3.63, 3.8) is 0 Å². The number of hydrogen-bond donors (Lipinski definition) is 2. The highest BCUT2D eigenvalue weighted by Gasteiger charge is 2.01. The van der Waals surface area contributed by atoms with E-state index in [4.69, 9.17) is 0 Å². The maximum Gasteiger partial charge on any atom is 0.251 e. The number of quaternary nitrogens is 1. The Morgan fingerprint density at radius 1 is 1.36 bits per heavy atom. The van der Waals surface area contributed by atoms with E-state index in [1.54, 1.807) is 12.1 Å². The molecular formula is C10H14N2O2. The molecule has 1 amide bonds.